The molecule has 1 saturated heterocycles. The minimum Gasteiger partial charge on any atom is -0.290 e. The smallest absolute Gasteiger partial charge is 0.243 e. The molecule has 30 heavy (non-hydrogen) atoms. The Hall–Kier alpha value is -2.54. The molecule has 6 heteroatoms. The van der Waals surface area contributed by atoms with E-state index in [-0.39, 0.29) is 10.9 Å². The van der Waals surface area contributed by atoms with Crippen LogP contribution in [0.4, 0.5) is 4.39 Å². The summed E-state index contributed by atoms with van der Waals surface area (Å²) in [6.45, 7) is 4.00. The topological polar surface area (TPSA) is 40.6 Å². The molecule has 1 aliphatic heterocycles. The lowest BCUT2D eigenvalue weighted by molar-refractivity contribution is 0.156. The van der Waals surface area contributed by atoms with Gasteiger partial charge in [-0.15, -0.1) is 0 Å². The summed E-state index contributed by atoms with van der Waals surface area (Å²) >= 11 is 0. The van der Waals surface area contributed by atoms with E-state index >= 15 is 0 Å². The Balaban J connectivity index is 1.56. The van der Waals surface area contributed by atoms with E-state index in [1.807, 2.05) is 18.2 Å². The molecule has 1 atom stereocenters. The predicted octanol–water partition coefficient (Wildman–Crippen LogP) is 4.23. The molecule has 0 aromatic heterocycles. The molecular formula is C24H25FN2O2S. The Bertz CT molecular complexity index is 1090. The van der Waals surface area contributed by atoms with Gasteiger partial charge in [-0.25, -0.2) is 12.8 Å². The van der Waals surface area contributed by atoms with Crippen molar-refractivity contribution in [1.29, 1.82) is 0 Å². The quantitative estimate of drug-likeness (QED) is 0.615. The molecule has 0 aliphatic carbocycles. The average Bonchev–Trinajstić information content (AvgIpc) is 2.76. The molecule has 156 valence electrons. The summed E-state index contributed by atoms with van der Waals surface area (Å²) in [6, 6.07) is 24.1. The van der Waals surface area contributed by atoms with Crippen molar-refractivity contribution in [3.63, 3.8) is 0 Å². The van der Waals surface area contributed by atoms with Crippen molar-refractivity contribution in [1.82, 2.24) is 9.21 Å². The molecule has 0 unspecified atom stereocenters. The summed E-state index contributed by atoms with van der Waals surface area (Å²) in [5.41, 5.74) is 3.58. The summed E-state index contributed by atoms with van der Waals surface area (Å²) in [7, 11) is -3.70. The number of nitrogens with zero attached hydrogens (tertiary/aromatic N) is 2. The monoisotopic (exact) mass is 424 g/mol. The Morgan fingerprint density at radius 2 is 1.43 bits per heavy atom. The van der Waals surface area contributed by atoms with E-state index < -0.39 is 15.8 Å². The van der Waals surface area contributed by atoms with Gasteiger partial charge in [0.25, 0.3) is 0 Å². The third-order valence-electron chi connectivity index (χ3n) is 5.58. The molecule has 0 spiro atoms. The van der Waals surface area contributed by atoms with Crippen molar-refractivity contribution in [2.24, 2.45) is 0 Å². The molecule has 0 saturated carbocycles. The van der Waals surface area contributed by atoms with Crippen LogP contribution in [-0.4, -0.2) is 43.8 Å². The molecule has 0 N–H and O–H groups in total. The molecule has 0 amide bonds. The van der Waals surface area contributed by atoms with E-state index in [1.165, 1.54) is 39.2 Å². The van der Waals surface area contributed by atoms with E-state index in [4.69, 9.17) is 0 Å². The number of aryl methyl sites for hydroxylation is 1. The van der Waals surface area contributed by atoms with E-state index in [1.54, 1.807) is 0 Å². The van der Waals surface area contributed by atoms with Crippen molar-refractivity contribution in [3.8, 4) is 0 Å². The van der Waals surface area contributed by atoms with Crippen LogP contribution in [0.15, 0.2) is 83.8 Å². The highest BCUT2D eigenvalue weighted by atomic mass is 32.2. The molecule has 1 aliphatic rings. The Morgan fingerprint density at radius 1 is 0.800 bits per heavy atom. The highest BCUT2D eigenvalue weighted by Crippen LogP contribution is 2.30. The van der Waals surface area contributed by atoms with Gasteiger partial charge in [-0.1, -0.05) is 66.2 Å². The Morgan fingerprint density at radius 3 is 2.07 bits per heavy atom. The van der Waals surface area contributed by atoms with Gasteiger partial charge in [0.2, 0.25) is 10.0 Å². The Labute approximate surface area is 177 Å². The SMILES string of the molecule is Cc1ccc([C@@H](c2ccccc2)N2CCN(S(=O)(=O)c3cccc(F)c3)CC2)cc1. The van der Waals surface area contributed by atoms with Crippen LogP contribution in [0.3, 0.4) is 0 Å². The third kappa shape index (κ3) is 4.31. The van der Waals surface area contributed by atoms with Crippen molar-refractivity contribution in [2.45, 2.75) is 17.9 Å². The maximum Gasteiger partial charge on any atom is 0.243 e. The summed E-state index contributed by atoms with van der Waals surface area (Å²) in [5, 5.41) is 0. The number of piperazine rings is 1. The predicted molar refractivity (Wildman–Crippen MR) is 116 cm³/mol. The van der Waals surface area contributed by atoms with E-state index in [0.717, 1.165) is 6.07 Å². The zero-order chi connectivity index (χ0) is 21.1. The molecule has 4 nitrogen and oxygen atoms in total. The maximum absolute atomic E-state index is 13.5. The van der Waals surface area contributed by atoms with Crippen molar-refractivity contribution >= 4 is 10.0 Å². The molecule has 3 aromatic rings. The zero-order valence-electron chi connectivity index (χ0n) is 16.9. The molecule has 4 rings (SSSR count). The van der Waals surface area contributed by atoms with Gasteiger partial charge in [-0.3, -0.25) is 4.90 Å². The average molecular weight is 425 g/mol. The lowest BCUT2D eigenvalue weighted by Gasteiger charge is -2.39. The second kappa shape index (κ2) is 8.68. The molecular weight excluding hydrogens is 399 g/mol. The maximum atomic E-state index is 13.5. The Kier molecular flexibility index (Phi) is 5.99. The van der Waals surface area contributed by atoms with Crippen LogP contribution in [-0.2, 0) is 10.0 Å². The summed E-state index contributed by atoms with van der Waals surface area (Å²) in [5.74, 6) is -0.543. The number of hydrogen-bond acceptors (Lipinski definition) is 3. The fourth-order valence-electron chi connectivity index (χ4n) is 3.98. The minimum atomic E-state index is -3.70. The molecule has 0 radical (unpaired) electrons. The van der Waals surface area contributed by atoms with Gasteiger partial charge in [0.05, 0.1) is 10.9 Å². The fraction of sp³-hybridized carbons (Fsp3) is 0.250. The first-order valence-corrected chi connectivity index (χ1v) is 11.5. The second-order valence-corrected chi connectivity index (χ2v) is 9.56. The van der Waals surface area contributed by atoms with Gasteiger partial charge in [0.15, 0.2) is 0 Å². The van der Waals surface area contributed by atoms with Gasteiger partial charge in [-0.2, -0.15) is 4.31 Å². The van der Waals surface area contributed by atoms with Crippen LogP contribution in [0.5, 0.6) is 0 Å². The van der Waals surface area contributed by atoms with Crippen molar-refractivity contribution in [2.75, 3.05) is 26.2 Å². The first-order chi connectivity index (χ1) is 14.4. The van der Waals surface area contributed by atoms with Gasteiger partial charge >= 0.3 is 0 Å². The van der Waals surface area contributed by atoms with Gasteiger partial charge in [0, 0.05) is 26.2 Å². The summed E-state index contributed by atoms with van der Waals surface area (Å²) in [4.78, 5) is 2.33. The van der Waals surface area contributed by atoms with Crippen molar-refractivity contribution < 1.29 is 12.8 Å². The minimum absolute atomic E-state index is 0.00842. The number of sulfonamides is 1. The standard InChI is InChI=1S/C24H25FN2O2S/c1-19-10-12-21(13-11-19)24(20-6-3-2-4-7-20)26-14-16-27(17-15-26)30(28,29)23-9-5-8-22(25)18-23/h2-13,18,24H,14-17H2,1H3/t24-/m1/s1. The summed E-state index contributed by atoms with van der Waals surface area (Å²) < 4.78 is 40.9. The number of benzene rings is 3. The number of hydrogen-bond donors (Lipinski definition) is 0. The molecule has 1 fully saturated rings. The number of halogens is 1. The van der Waals surface area contributed by atoms with Crippen LogP contribution in [0.1, 0.15) is 22.7 Å². The zero-order valence-corrected chi connectivity index (χ0v) is 17.7. The lowest BCUT2D eigenvalue weighted by atomic mass is 9.96. The van der Waals surface area contributed by atoms with E-state index in [2.05, 4.69) is 48.2 Å². The molecule has 0 bridgehead atoms. The van der Waals surface area contributed by atoms with E-state index in [9.17, 15) is 12.8 Å². The van der Waals surface area contributed by atoms with Crippen molar-refractivity contribution in [3.05, 3.63) is 101 Å². The van der Waals surface area contributed by atoms with Crippen LogP contribution in [0, 0.1) is 12.7 Å². The lowest BCUT2D eigenvalue weighted by Crippen LogP contribution is -2.49. The largest absolute Gasteiger partial charge is 0.290 e. The second-order valence-electron chi connectivity index (χ2n) is 7.62. The van der Waals surface area contributed by atoms with Crippen LogP contribution in [0.25, 0.3) is 0 Å². The number of rotatable bonds is 5. The first-order valence-electron chi connectivity index (χ1n) is 10.1. The van der Waals surface area contributed by atoms with Gasteiger partial charge < -0.3 is 0 Å². The van der Waals surface area contributed by atoms with E-state index in [0.29, 0.717) is 26.2 Å². The molecule has 1 heterocycles. The van der Waals surface area contributed by atoms with Crippen LogP contribution in [0.2, 0.25) is 0 Å². The van der Waals surface area contributed by atoms with Crippen LogP contribution >= 0.6 is 0 Å². The highest BCUT2D eigenvalue weighted by molar-refractivity contribution is 7.89. The van der Waals surface area contributed by atoms with Gasteiger partial charge in [-0.05, 0) is 36.2 Å². The highest BCUT2D eigenvalue weighted by Gasteiger charge is 2.32. The molecule has 3 aromatic carbocycles. The van der Waals surface area contributed by atoms with Crippen LogP contribution < -0.4 is 0 Å². The first kappa shape index (κ1) is 20.7. The fourth-order valence-corrected chi connectivity index (χ4v) is 5.43. The third-order valence-corrected chi connectivity index (χ3v) is 7.48. The van der Waals surface area contributed by atoms with Gasteiger partial charge in [0.1, 0.15) is 5.82 Å². The normalized spacial score (nSPS) is 17.0. The summed E-state index contributed by atoms with van der Waals surface area (Å²) in [6.07, 6.45) is 0.